The van der Waals surface area contributed by atoms with E-state index >= 15 is 0 Å². The second-order valence-corrected chi connectivity index (χ2v) is 7.43. The minimum Gasteiger partial charge on any atom is -0.444 e. The number of carbonyl (C=O) groups is 1. The van der Waals surface area contributed by atoms with Crippen LogP contribution < -0.4 is 0 Å². The van der Waals surface area contributed by atoms with Crippen LogP contribution in [0.4, 0.5) is 4.79 Å². The molecule has 0 aromatic heterocycles. The molecule has 104 valence electrons. The van der Waals surface area contributed by atoms with Gasteiger partial charge >= 0.3 is 6.09 Å². The van der Waals surface area contributed by atoms with Crippen LogP contribution in [0.5, 0.6) is 0 Å². The summed E-state index contributed by atoms with van der Waals surface area (Å²) < 4.78 is 11.4. The molecule has 0 atom stereocenters. The number of amides is 1. The van der Waals surface area contributed by atoms with Crippen molar-refractivity contribution >= 4 is 6.09 Å². The van der Waals surface area contributed by atoms with Gasteiger partial charge in [-0.3, -0.25) is 0 Å². The van der Waals surface area contributed by atoms with Crippen LogP contribution in [0.15, 0.2) is 0 Å². The summed E-state index contributed by atoms with van der Waals surface area (Å²) in [5.41, 5.74) is -1.49. The Bertz CT molecular complexity index is 474. The second-order valence-electron chi connectivity index (χ2n) is 7.43. The molecule has 4 rings (SSSR count). The molecule has 2 bridgehead atoms. The van der Waals surface area contributed by atoms with Crippen molar-refractivity contribution in [3.8, 4) is 6.07 Å². The number of hydrogen-bond acceptors (Lipinski definition) is 4. The Hall–Kier alpha value is -1.28. The molecular formula is C14H20N2O3. The number of carbonyl (C=O) groups excluding carboxylic acids is 1. The highest BCUT2D eigenvalue weighted by molar-refractivity contribution is 5.70. The number of ether oxygens (including phenoxy) is 2. The average molecular weight is 264 g/mol. The smallest absolute Gasteiger partial charge is 0.410 e. The van der Waals surface area contributed by atoms with Gasteiger partial charge in [0.1, 0.15) is 11.2 Å². The first-order chi connectivity index (χ1) is 8.63. The largest absolute Gasteiger partial charge is 0.444 e. The third-order valence-corrected chi connectivity index (χ3v) is 4.42. The van der Waals surface area contributed by atoms with Gasteiger partial charge in [0, 0.05) is 0 Å². The molecule has 0 aromatic rings. The number of hydrogen-bond donors (Lipinski definition) is 0. The normalized spacial score (nSPS) is 38.4. The molecule has 0 radical (unpaired) electrons. The first-order valence-electron chi connectivity index (χ1n) is 6.72. The van der Waals surface area contributed by atoms with Gasteiger partial charge in [-0.2, -0.15) is 5.26 Å². The van der Waals surface area contributed by atoms with Crippen molar-refractivity contribution in [1.29, 1.82) is 5.26 Å². The van der Waals surface area contributed by atoms with Crippen LogP contribution in [-0.2, 0) is 9.47 Å². The average Bonchev–Trinajstić information content (AvgIpc) is 2.56. The first kappa shape index (κ1) is 12.7. The zero-order valence-corrected chi connectivity index (χ0v) is 11.9. The van der Waals surface area contributed by atoms with Crippen LogP contribution in [0.2, 0.25) is 0 Å². The maximum Gasteiger partial charge on any atom is 0.410 e. The van der Waals surface area contributed by atoms with E-state index in [0.29, 0.717) is 13.1 Å². The van der Waals surface area contributed by atoms with Crippen LogP contribution in [0.3, 0.4) is 0 Å². The number of nitrogens with zero attached hydrogens (tertiary/aromatic N) is 2. The molecule has 3 saturated heterocycles. The molecule has 0 N–H and O–H groups in total. The van der Waals surface area contributed by atoms with E-state index in [1.54, 1.807) is 4.90 Å². The van der Waals surface area contributed by atoms with Crippen molar-refractivity contribution in [2.24, 2.45) is 5.41 Å². The molecule has 4 fully saturated rings. The van der Waals surface area contributed by atoms with Crippen molar-refractivity contribution in [1.82, 2.24) is 4.90 Å². The fourth-order valence-corrected chi connectivity index (χ4v) is 3.76. The van der Waals surface area contributed by atoms with E-state index in [0.717, 1.165) is 12.8 Å². The lowest BCUT2D eigenvalue weighted by atomic mass is 9.55. The standard InChI is InChI=1S/C14H20N2O3/c1-11(2,3)18-10(17)16-8-14(9-16)13(7-15)5-12(4,6-13)19-14/h5-6,8-9H2,1-4H3. The van der Waals surface area contributed by atoms with Crippen LogP contribution >= 0.6 is 0 Å². The lowest BCUT2D eigenvalue weighted by Gasteiger charge is -2.51. The van der Waals surface area contributed by atoms with Gasteiger partial charge in [-0.1, -0.05) is 0 Å². The van der Waals surface area contributed by atoms with Gasteiger partial charge in [0.2, 0.25) is 0 Å². The van der Waals surface area contributed by atoms with Gasteiger partial charge in [0.25, 0.3) is 0 Å². The van der Waals surface area contributed by atoms with Gasteiger partial charge in [-0.25, -0.2) is 4.79 Å². The fraction of sp³-hybridized carbons (Fsp3) is 0.857. The third-order valence-electron chi connectivity index (χ3n) is 4.42. The lowest BCUT2D eigenvalue weighted by Crippen LogP contribution is -2.68. The summed E-state index contributed by atoms with van der Waals surface area (Å²) in [5, 5.41) is 9.42. The zero-order chi connectivity index (χ0) is 14.1. The Morgan fingerprint density at radius 2 is 1.95 bits per heavy atom. The minimum atomic E-state index is -0.489. The van der Waals surface area contributed by atoms with Crippen LogP contribution in [0.1, 0.15) is 40.5 Å². The predicted octanol–water partition coefficient (Wildman–Crippen LogP) is 2.07. The van der Waals surface area contributed by atoms with Crippen molar-refractivity contribution in [2.75, 3.05) is 13.1 Å². The molecule has 1 saturated carbocycles. The predicted molar refractivity (Wildman–Crippen MR) is 67.3 cm³/mol. The summed E-state index contributed by atoms with van der Waals surface area (Å²) in [6.07, 6.45) is 1.26. The van der Waals surface area contributed by atoms with Gasteiger partial charge in [0.15, 0.2) is 0 Å². The SMILES string of the molecule is CC(C)(C)OC(=O)N1CC2(C1)OC1(C)CC2(C#N)C1. The molecule has 3 heterocycles. The first-order valence-corrected chi connectivity index (χ1v) is 6.72. The maximum absolute atomic E-state index is 11.9. The molecule has 0 aromatic carbocycles. The molecule has 1 spiro atoms. The van der Waals surface area contributed by atoms with E-state index in [9.17, 15) is 10.1 Å². The van der Waals surface area contributed by atoms with Gasteiger partial charge in [-0.05, 0) is 40.5 Å². The fourth-order valence-electron chi connectivity index (χ4n) is 3.76. The van der Waals surface area contributed by atoms with Crippen molar-refractivity contribution in [3.63, 3.8) is 0 Å². The number of likely N-dealkylation sites (tertiary alicyclic amines) is 1. The molecule has 1 aliphatic carbocycles. The second kappa shape index (κ2) is 3.24. The van der Waals surface area contributed by atoms with E-state index in [1.807, 2.05) is 27.7 Å². The molecule has 5 nitrogen and oxygen atoms in total. The Kier molecular flexibility index (Phi) is 2.17. The lowest BCUT2D eigenvalue weighted by molar-refractivity contribution is -0.139. The summed E-state index contributed by atoms with van der Waals surface area (Å²) in [5.74, 6) is 0. The van der Waals surface area contributed by atoms with E-state index in [4.69, 9.17) is 9.47 Å². The quantitative estimate of drug-likeness (QED) is 0.672. The van der Waals surface area contributed by atoms with E-state index in [1.165, 1.54) is 0 Å². The molecule has 3 aliphatic heterocycles. The topological polar surface area (TPSA) is 62.6 Å². The van der Waals surface area contributed by atoms with E-state index in [-0.39, 0.29) is 17.1 Å². The molecule has 4 aliphatic rings. The van der Waals surface area contributed by atoms with Crippen molar-refractivity contribution in [2.45, 2.75) is 57.3 Å². The molecular weight excluding hydrogens is 244 g/mol. The van der Waals surface area contributed by atoms with E-state index < -0.39 is 11.2 Å². The van der Waals surface area contributed by atoms with Crippen LogP contribution in [0, 0.1) is 16.7 Å². The highest BCUT2D eigenvalue weighted by Crippen LogP contribution is 2.68. The molecule has 1 amide bonds. The Labute approximate surface area is 113 Å². The highest BCUT2D eigenvalue weighted by atomic mass is 16.6. The summed E-state index contributed by atoms with van der Waals surface area (Å²) in [6.45, 7) is 8.55. The highest BCUT2D eigenvalue weighted by Gasteiger charge is 2.77. The molecule has 19 heavy (non-hydrogen) atoms. The monoisotopic (exact) mass is 264 g/mol. The summed E-state index contributed by atoms with van der Waals surface area (Å²) in [7, 11) is 0. The minimum absolute atomic E-state index is 0.157. The summed E-state index contributed by atoms with van der Waals surface area (Å²) >= 11 is 0. The third kappa shape index (κ3) is 1.59. The van der Waals surface area contributed by atoms with E-state index in [2.05, 4.69) is 6.07 Å². The number of rotatable bonds is 0. The zero-order valence-electron chi connectivity index (χ0n) is 11.9. The summed E-state index contributed by atoms with van der Waals surface area (Å²) in [6, 6.07) is 2.43. The van der Waals surface area contributed by atoms with Crippen LogP contribution in [-0.4, -0.2) is 40.9 Å². The Morgan fingerprint density at radius 1 is 1.37 bits per heavy atom. The maximum atomic E-state index is 11.9. The Balaban J connectivity index is 1.68. The van der Waals surface area contributed by atoms with Gasteiger partial charge < -0.3 is 14.4 Å². The molecule has 5 heteroatoms. The van der Waals surface area contributed by atoms with Gasteiger partial charge in [-0.15, -0.1) is 0 Å². The van der Waals surface area contributed by atoms with Crippen molar-refractivity contribution < 1.29 is 14.3 Å². The summed E-state index contributed by atoms with van der Waals surface area (Å²) in [4.78, 5) is 13.6. The molecule has 0 unspecified atom stereocenters. The van der Waals surface area contributed by atoms with Crippen LogP contribution in [0.25, 0.3) is 0 Å². The van der Waals surface area contributed by atoms with Gasteiger partial charge in [0.05, 0.1) is 30.2 Å². The van der Waals surface area contributed by atoms with Crippen molar-refractivity contribution in [3.05, 3.63) is 0 Å². The number of nitriles is 1. The Morgan fingerprint density at radius 3 is 2.42 bits per heavy atom.